The van der Waals surface area contributed by atoms with Crippen LogP contribution in [-0.4, -0.2) is 0 Å². The van der Waals surface area contributed by atoms with Gasteiger partial charge in [0.1, 0.15) is 0 Å². The van der Waals surface area contributed by atoms with Crippen molar-refractivity contribution in [1.29, 1.82) is 0 Å². The molecule has 0 aromatic rings. The van der Waals surface area contributed by atoms with Crippen LogP contribution >= 0.6 is 0 Å². The molecule has 1 aliphatic carbocycles. The molecule has 0 aromatic carbocycles. The third-order valence-electron chi connectivity index (χ3n) is 3.00. The SMILES string of the molecule is CC(C)(C)C1CCC=CCCC1. The van der Waals surface area contributed by atoms with Gasteiger partial charge in [0.15, 0.2) is 0 Å². The molecular formula is C12H22. The predicted molar refractivity (Wildman–Crippen MR) is 55.2 cm³/mol. The molecule has 1 atom stereocenters. The van der Waals surface area contributed by atoms with Crippen molar-refractivity contribution in [2.75, 3.05) is 0 Å². The molecule has 1 unspecified atom stereocenters. The monoisotopic (exact) mass is 166 g/mol. The van der Waals surface area contributed by atoms with Crippen molar-refractivity contribution in [2.24, 2.45) is 11.3 Å². The molecule has 70 valence electrons. The molecule has 0 saturated heterocycles. The Labute approximate surface area is 77.1 Å². The van der Waals surface area contributed by atoms with E-state index in [1.165, 1.54) is 32.1 Å². The van der Waals surface area contributed by atoms with Crippen LogP contribution in [0.2, 0.25) is 0 Å². The van der Waals surface area contributed by atoms with E-state index in [0.29, 0.717) is 5.41 Å². The lowest BCUT2D eigenvalue weighted by molar-refractivity contribution is 0.208. The lowest BCUT2D eigenvalue weighted by Crippen LogP contribution is -2.20. The van der Waals surface area contributed by atoms with Crippen LogP contribution in [0, 0.1) is 11.3 Å². The van der Waals surface area contributed by atoms with E-state index >= 15 is 0 Å². The van der Waals surface area contributed by atoms with Crippen LogP contribution in [0.5, 0.6) is 0 Å². The minimum absolute atomic E-state index is 0.519. The second kappa shape index (κ2) is 4.11. The Bertz CT molecular complexity index is 148. The van der Waals surface area contributed by atoms with Gasteiger partial charge in [0.25, 0.3) is 0 Å². The highest BCUT2D eigenvalue weighted by Gasteiger charge is 2.23. The molecule has 0 saturated carbocycles. The van der Waals surface area contributed by atoms with Crippen LogP contribution in [0.3, 0.4) is 0 Å². The van der Waals surface area contributed by atoms with Gasteiger partial charge in [-0.05, 0) is 43.4 Å². The van der Waals surface area contributed by atoms with Gasteiger partial charge in [-0.15, -0.1) is 0 Å². The summed E-state index contributed by atoms with van der Waals surface area (Å²) in [6, 6.07) is 0. The molecule has 0 aliphatic heterocycles. The number of hydrogen-bond acceptors (Lipinski definition) is 0. The summed E-state index contributed by atoms with van der Waals surface area (Å²) < 4.78 is 0. The highest BCUT2D eigenvalue weighted by molar-refractivity contribution is 4.87. The van der Waals surface area contributed by atoms with Crippen molar-refractivity contribution in [1.82, 2.24) is 0 Å². The van der Waals surface area contributed by atoms with Crippen LogP contribution < -0.4 is 0 Å². The standard InChI is InChI=1S/C12H22/c1-12(2,3)11-9-7-5-4-6-8-10-11/h4-5,11H,6-10H2,1-3H3. The van der Waals surface area contributed by atoms with Gasteiger partial charge in [-0.3, -0.25) is 0 Å². The lowest BCUT2D eigenvalue weighted by atomic mass is 9.75. The topological polar surface area (TPSA) is 0 Å². The Morgan fingerprint density at radius 1 is 1.00 bits per heavy atom. The average Bonchev–Trinajstić information content (AvgIpc) is 1.81. The highest BCUT2D eigenvalue weighted by atomic mass is 14.3. The Balaban J connectivity index is 2.48. The van der Waals surface area contributed by atoms with E-state index in [-0.39, 0.29) is 0 Å². The average molecular weight is 166 g/mol. The van der Waals surface area contributed by atoms with E-state index in [9.17, 15) is 0 Å². The van der Waals surface area contributed by atoms with Crippen molar-refractivity contribution in [3.05, 3.63) is 12.2 Å². The Morgan fingerprint density at radius 2 is 1.67 bits per heavy atom. The predicted octanol–water partition coefficient (Wildman–Crippen LogP) is 4.17. The van der Waals surface area contributed by atoms with E-state index in [2.05, 4.69) is 32.9 Å². The molecule has 0 nitrogen and oxygen atoms in total. The molecule has 0 aromatic heterocycles. The maximum absolute atomic E-state index is 2.38. The highest BCUT2D eigenvalue weighted by Crippen LogP contribution is 2.34. The summed E-state index contributed by atoms with van der Waals surface area (Å²) in [4.78, 5) is 0. The number of rotatable bonds is 0. The zero-order chi connectivity index (χ0) is 9.03. The van der Waals surface area contributed by atoms with Crippen LogP contribution in [0.25, 0.3) is 0 Å². The fourth-order valence-electron chi connectivity index (χ4n) is 2.03. The Hall–Kier alpha value is -0.260. The Morgan fingerprint density at radius 3 is 2.33 bits per heavy atom. The fraction of sp³-hybridized carbons (Fsp3) is 0.833. The third kappa shape index (κ3) is 3.00. The molecule has 0 spiro atoms. The van der Waals surface area contributed by atoms with E-state index < -0.39 is 0 Å². The van der Waals surface area contributed by atoms with Gasteiger partial charge in [-0.1, -0.05) is 32.9 Å². The largest absolute Gasteiger partial charge is 0.0885 e. The number of hydrogen-bond donors (Lipinski definition) is 0. The first kappa shape index (κ1) is 9.83. The normalized spacial score (nSPS) is 26.4. The zero-order valence-electron chi connectivity index (χ0n) is 8.77. The minimum Gasteiger partial charge on any atom is -0.0885 e. The van der Waals surface area contributed by atoms with Gasteiger partial charge >= 0.3 is 0 Å². The van der Waals surface area contributed by atoms with Crippen molar-refractivity contribution < 1.29 is 0 Å². The summed E-state index contributed by atoms with van der Waals surface area (Å²) in [5.74, 6) is 0.933. The summed E-state index contributed by atoms with van der Waals surface area (Å²) >= 11 is 0. The summed E-state index contributed by atoms with van der Waals surface area (Å²) in [7, 11) is 0. The van der Waals surface area contributed by atoms with Crippen molar-refractivity contribution in [2.45, 2.75) is 52.9 Å². The Kier molecular flexibility index (Phi) is 3.37. The van der Waals surface area contributed by atoms with E-state index in [0.717, 1.165) is 5.92 Å². The summed E-state index contributed by atoms with van der Waals surface area (Å²) in [6.07, 6.45) is 11.5. The molecule has 0 amide bonds. The molecule has 12 heavy (non-hydrogen) atoms. The second-order valence-electron chi connectivity index (χ2n) is 5.04. The molecule has 0 fully saturated rings. The minimum atomic E-state index is 0.519. The van der Waals surface area contributed by atoms with Gasteiger partial charge in [0.05, 0.1) is 0 Å². The molecule has 0 heteroatoms. The van der Waals surface area contributed by atoms with Crippen LogP contribution in [0.1, 0.15) is 52.9 Å². The first-order valence-electron chi connectivity index (χ1n) is 5.26. The summed E-state index contributed by atoms with van der Waals surface area (Å²) in [5, 5.41) is 0. The van der Waals surface area contributed by atoms with Crippen molar-refractivity contribution in [3.63, 3.8) is 0 Å². The van der Waals surface area contributed by atoms with Gasteiger partial charge in [0.2, 0.25) is 0 Å². The third-order valence-corrected chi connectivity index (χ3v) is 3.00. The molecule has 0 N–H and O–H groups in total. The first-order valence-corrected chi connectivity index (χ1v) is 5.26. The first-order chi connectivity index (χ1) is 5.61. The quantitative estimate of drug-likeness (QED) is 0.474. The molecule has 1 aliphatic rings. The second-order valence-corrected chi connectivity index (χ2v) is 5.04. The van der Waals surface area contributed by atoms with Gasteiger partial charge < -0.3 is 0 Å². The van der Waals surface area contributed by atoms with Gasteiger partial charge in [-0.2, -0.15) is 0 Å². The zero-order valence-corrected chi connectivity index (χ0v) is 8.77. The van der Waals surface area contributed by atoms with Gasteiger partial charge in [-0.25, -0.2) is 0 Å². The summed E-state index contributed by atoms with van der Waals surface area (Å²) in [5.41, 5.74) is 0.519. The summed E-state index contributed by atoms with van der Waals surface area (Å²) in [6.45, 7) is 7.13. The molecule has 0 bridgehead atoms. The molecule has 0 heterocycles. The van der Waals surface area contributed by atoms with Crippen LogP contribution in [0.15, 0.2) is 12.2 Å². The smallest absolute Gasteiger partial charge is 0.0348 e. The maximum Gasteiger partial charge on any atom is -0.0348 e. The maximum atomic E-state index is 2.38. The molecule has 1 rings (SSSR count). The van der Waals surface area contributed by atoms with Crippen molar-refractivity contribution in [3.8, 4) is 0 Å². The van der Waals surface area contributed by atoms with E-state index in [1.54, 1.807) is 0 Å². The van der Waals surface area contributed by atoms with E-state index in [4.69, 9.17) is 0 Å². The van der Waals surface area contributed by atoms with Crippen LogP contribution in [0.4, 0.5) is 0 Å². The molecule has 0 radical (unpaired) electrons. The lowest BCUT2D eigenvalue weighted by Gasteiger charge is -2.31. The van der Waals surface area contributed by atoms with Crippen molar-refractivity contribution >= 4 is 0 Å². The van der Waals surface area contributed by atoms with Gasteiger partial charge in [0, 0.05) is 0 Å². The fourth-order valence-corrected chi connectivity index (χ4v) is 2.03. The molecular weight excluding hydrogens is 144 g/mol. The van der Waals surface area contributed by atoms with Crippen LogP contribution in [-0.2, 0) is 0 Å². The number of allylic oxidation sites excluding steroid dienone is 2. The van der Waals surface area contributed by atoms with E-state index in [1.807, 2.05) is 0 Å².